The minimum atomic E-state index is -0.548. The molecule has 0 aromatic carbocycles. The Morgan fingerprint density at radius 1 is 1.45 bits per heavy atom. The van der Waals surface area contributed by atoms with Crippen LogP contribution in [0, 0.1) is 10.1 Å². The van der Waals surface area contributed by atoms with Crippen molar-refractivity contribution in [2.45, 2.75) is 26.7 Å². The number of hydrogen-bond donors (Lipinski definition) is 1. The smallest absolute Gasteiger partial charge is 0.288 e. The number of nitro groups is 1. The van der Waals surface area contributed by atoms with Crippen LogP contribution in [0.15, 0.2) is 12.3 Å². The van der Waals surface area contributed by atoms with Gasteiger partial charge in [0.05, 0.1) is 10.5 Å². The highest BCUT2D eigenvalue weighted by atomic mass is 16.6. The van der Waals surface area contributed by atoms with Gasteiger partial charge >= 0.3 is 0 Å². The van der Waals surface area contributed by atoms with Crippen LogP contribution in [0.2, 0.25) is 0 Å². The van der Waals surface area contributed by atoms with Crippen molar-refractivity contribution in [3.05, 3.63) is 27.9 Å². The van der Waals surface area contributed by atoms with E-state index in [9.17, 15) is 14.9 Å². The van der Waals surface area contributed by atoms with Crippen molar-refractivity contribution in [1.82, 2.24) is 9.88 Å². The van der Waals surface area contributed by atoms with Gasteiger partial charge in [0.15, 0.2) is 0 Å². The number of hydrogen-bond acceptors (Lipinski definition) is 5. The van der Waals surface area contributed by atoms with Gasteiger partial charge < -0.3 is 10.2 Å². The van der Waals surface area contributed by atoms with E-state index in [4.69, 9.17) is 0 Å². The normalized spacial score (nSPS) is 10.2. The number of rotatable bonds is 7. The first kappa shape index (κ1) is 15.9. The van der Waals surface area contributed by atoms with E-state index < -0.39 is 4.92 Å². The Labute approximate surface area is 118 Å². The number of nitrogens with zero attached hydrogens (tertiary/aromatic N) is 3. The van der Waals surface area contributed by atoms with Crippen molar-refractivity contribution in [1.29, 1.82) is 0 Å². The summed E-state index contributed by atoms with van der Waals surface area (Å²) in [6.07, 6.45) is 2.86. The fraction of sp³-hybridized carbons (Fsp3) is 0.538. The summed E-state index contributed by atoms with van der Waals surface area (Å²) in [6.45, 7) is 5.20. The summed E-state index contributed by atoms with van der Waals surface area (Å²) >= 11 is 0. The van der Waals surface area contributed by atoms with Crippen LogP contribution in [-0.2, 0) is 0 Å². The van der Waals surface area contributed by atoms with Crippen LogP contribution in [0.1, 0.15) is 37.0 Å². The van der Waals surface area contributed by atoms with Gasteiger partial charge in [-0.25, -0.2) is 4.98 Å². The molecule has 110 valence electrons. The first-order valence-electron chi connectivity index (χ1n) is 6.65. The van der Waals surface area contributed by atoms with Crippen LogP contribution in [0.3, 0.4) is 0 Å². The SMILES string of the molecule is CCCNc1ncc([N+](=O)[O-])cc1C(=O)N(C)CCC. The third-order valence-electron chi connectivity index (χ3n) is 2.76. The molecule has 0 aliphatic heterocycles. The highest BCUT2D eigenvalue weighted by Gasteiger charge is 2.20. The second-order valence-corrected chi connectivity index (χ2v) is 4.50. The van der Waals surface area contributed by atoms with E-state index in [1.54, 1.807) is 7.05 Å². The molecule has 0 spiro atoms. The lowest BCUT2D eigenvalue weighted by atomic mass is 10.2. The number of carbonyl (C=O) groups excluding carboxylic acids is 1. The maximum Gasteiger partial charge on any atom is 0.288 e. The summed E-state index contributed by atoms with van der Waals surface area (Å²) in [5.41, 5.74) is 0.0592. The fourth-order valence-corrected chi connectivity index (χ4v) is 1.74. The molecule has 0 saturated heterocycles. The van der Waals surface area contributed by atoms with Crippen molar-refractivity contribution in [2.24, 2.45) is 0 Å². The van der Waals surface area contributed by atoms with Gasteiger partial charge in [0.1, 0.15) is 12.0 Å². The molecule has 0 fully saturated rings. The maximum atomic E-state index is 12.3. The van der Waals surface area contributed by atoms with E-state index in [-0.39, 0.29) is 17.2 Å². The summed E-state index contributed by atoms with van der Waals surface area (Å²) in [6, 6.07) is 1.28. The predicted molar refractivity (Wildman–Crippen MR) is 76.9 cm³/mol. The molecular formula is C13H20N4O3. The maximum absolute atomic E-state index is 12.3. The molecule has 0 atom stereocenters. The molecule has 7 nitrogen and oxygen atoms in total. The molecule has 0 aliphatic carbocycles. The standard InChI is InChI=1S/C13H20N4O3/c1-4-6-14-12-11(13(18)16(3)7-5-2)8-10(9-15-12)17(19)20/h8-9H,4-7H2,1-3H3,(H,14,15). The average Bonchev–Trinajstić information content (AvgIpc) is 2.44. The zero-order chi connectivity index (χ0) is 15.1. The Hall–Kier alpha value is -2.18. The van der Waals surface area contributed by atoms with Gasteiger partial charge in [0, 0.05) is 26.2 Å². The van der Waals surface area contributed by atoms with Gasteiger partial charge in [0.25, 0.3) is 11.6 Å². The summed E-state index contributed by atoms with van der Waals surface area (Å²) < 4.78 is 0. The van der Waals surface area contributed by atoms with E-state index in [1.165, 1.54) is 11.0 Å². The highest BCUT2D eigenvalue weighted by Crippen LogP contribution is 2.20. The van der Waals surface area contributed by atoms with Crippen LogP contribution < -0.4 is 5.32 Å². The molecule has 0 saturated carbocycles. The minimum absolute atomic E-state index is 0.180. The molecule has 20 heavy (non-hydrogen) atoms. The molecule has 1 aromatic rings. The number of pyridine rings is 1. The molecule has 0 unspecified atom stereocenters. The third kappa shape index (κ3) is 3.91. The molecule has 1 amide bonds. The Balaban J connectivity index is 3.13. The van der Waals surface area contributed by atoms with E-state index in [2.05, 4.69) is 10.3 Å². The van der Waals surface area contributed by atoms with Crippen LogP contribution in [-0.4, -0.2) is 40.9 Å². The Morgan fingerprint density at radius 2 is 2.15 bits per heavy atom. The molecular weight excluding hydrogens is 260 g/mol. The average molecular weight is 280 g/mol. The molecule has 0 radical (unpaired) electrons. The topological polar surface area (TPSA) is 88.4 Å². The first-order valence-corrected chi connectivity index (χ1v) is 6.65. The van der Waals surface area contributed by atoms with Crippen LogP contribution in [0.5, 0.6) is 0 Å². The summed E-state index contributed by atoms with van der Waals surface area (Å²) in [4.78, 5) is 28.1. The third-order valence-corrected chi connectivity index (χ3v) is 2.76. The summed E-state index contributed by atoms with van der Waals surface area (Å²) in [5.74, 6) is 0.132. The van der Waals surface area contributed by atoms with Gasteiger partial charge in [0.2, 0.25) is 0 Å². The predicted octanol–water partition coefficient (Wildman–Crippen LogP) is 2.29. The van der Waals surface area contributed by atoms with E-state index in [1.807, 2.05) is 13.8 Å². The first-order chi connectivity index (χ1) is 9.51. The molecule has 1 heterocycles. The number of anilines is 1. The van der Waals surface area contributed by atoms with Crippen molar-refractivity contribution in [3.8, 4) is 0 Å². The Bertz CT molecular complexity index is 491. The summed E-state index contributed by atoms with van der Waals surface area (Å²) in [7, 11) is 1.67. The molecule has 1 N–H and O–H groups in total. The monoisotopic (exact) mass is 280 g/mol. The number of nitrogens with one attached hydrogen (secondary N) is 1. The van der Waals surface area contributed by atoms with E-state index in [0.717, 1.165) is 19.0 Å². The molecule has 7 heteroatoms. The van der Waals surface area contributed by atoms with Gasteiger partial charge in [-0.15, -0.1) is 0 Å². The minimum Gasteiger partial charge on any atom is -0.369 e. The van der Waals surface area contributed by atoms with E-state index in [0.29, 0.717) is 18.9 Å². The Kier molecular flexibility index (Phi) is 5.89. The van der Waals surface area contributed by atoms with Gasteiger partial charge in [-0.2, -0.15) is 0 Å². The van der Waals surface area contributed by atoms with Crippen LogP contribution in [0.4, 0.5) is 11.5 Å². The molecule has 0 bridgehead atoms. The fourth-order valence-electron chi connectivity index (χ4n) is 1.74. The number of aromatic nitrogens is 1. The van der Waals surface area contributed by atoms with Gasteiger partial charge in [-0.3, -0.25) is 14.9 Å². The van der Waals surface area contributed by atoms with Gasteiger partial charge in [-0.05, 0) is 12.8 Å². The quantitative estimate of drug-likeness (QED) is 0.611. The number of carbonyl (C=O) groups is 1. The van der Waals surface area contributed by atoms with Crippen molar-refractivity contribution in [2.75, 3.05) is 25.5 Å². The molecule has 0 aliphatic rings. The van der Waals surface area contributed by atoms with Crippen molar-refractivity contribution >= 4 is 17.4 Å². The van der Waals surface area contributed by atoms with Crippen molar-refractivity contribution < 1.29 is 9.72 Å². The largest absolute Gasteiger partial charge is 0.369 e. The number of amides is 1. The second-order valence-electron chi connectivity index (χ2n) is 4.50. The zero-order valence-corrected chi connectivity index (χ0v) is 12.0. The second kappa shape index (κ2) is 7.42. The summed E-state index contributed by atoms with van der Waals surface area (Å²) in [5, 5.41) is 13.8. The van der Waals surface area contributed by atoms with E-state index >= 15 is 0 Å². The highest BCUT2D eigenvalue weighted by molar-refractivity contribution is 5.99. The van der Waals surface area contributed by atoms with Crippen LogP contribution in [0.25, 0.3) is 0 Å². The molecule has 1 rings (SSSR count). The van der Waals surface area contributed by atoms with Crippen molar-refractivity contribution in [3.63, 3.8) is 0 Å². The molecule has 1 aromatic heterocycles. The Morgan fingerprint density at radius 3 is 2.70 bits per heavy atom. The lowest BCUT2D eigenvalue weighted by Gasteiger charge is -2.18. The lowest BCUT2D eigenvalue weighted by Crippen LogP contribution is -2.28. The van der Waals surface area contributed by atoms with Gasteiger partial charge in [-0.1, -0.05) is 13.8 Å². The van der Waals surface area contributed by atoms with Crippen LogP contribution >= 0.6 is 0 Å². The lowest BCUT2D eigenvalue weighted by molar-refractivity contribution is -0.385. The zero-order valence-electron chi connectivity index (χ0n) is 12.0.